The Balaban J connectivity index is 2.99. The minimum absolute atomic E-state index is 0.0178. The Hall–Kier alpha value is -1.03. The molecule has 1 rings (SSSR count). The predicted octanol–water partition coefficient (Wildman–Crippen LogP) is 2.07. The molecule has 0 radical (unpaired) electrons. The summed E-state index contributed by atoms with van der Waals surface area (Å²) in [6.45, 7) is 0. The first-order valence-electron chi connectivity index (χ1n) is 3.76. The Morgan fingerprint density at radius 2 is 2.08 bits per heavy atom. The quantitative estimate of drug-likeness (QED) is 0.487. The van der Waals surface area contributed by atoms with Crippen LogP contribution in [-0.2, 0) is 0 Å². The Bertz CT molecular complexity index is 323. The van der Waals surface area contributed by atoms with Crippen LogP contribution < -0.4 is 0 Å². The van der Waals surface area contributed by atoms with Crippen LogP contribution >= 0.6 is 15.9 Å². The van der Waals surface area contributed by atoms with E-state index in [0.717, 1.165) is 0 Å². The molecule has 0 unspecified atom stereocenters. The van der Waals surface area contributed by atoms with Gasteiger partial charge in [0.2, 0.25) is 0 Å². The normalized spacial score (nSPS) is 9.92. The molecule has 0 bridgehead atoms. The topological polar surface area (TPSA) is 57.5 Å². The van der Waals surface area contributed by atoms with E-state index in [0.29, 0.717) is 11.8 Å². The van der Waals surface area contributed by atoms with E-state index in [2.05, 4.69) is 15.9 Å². The molecule has 0 aliphatic carbocycles. The average Bonchev–Trinajstić information content (AvgIpc) is 2.09. The maximum atomic E-state index is 11.3. The highest BCUT2D eigenvalue weighted by atomic mass is 79.9. The lowest BCUT2D eigenvalue weighted by atomic mass is 10.1. The van der Waals surface area contributed by atoms with E-state index >= 15 is 0 Å². The van der Waals surface area contributed by atoms with Gasteiger partial charge in [-0.1, -0.05) is 15.9 Å². The van der Waals surface area contributed by atoms with E-state index in [1.54, 1.807) is 0 Å². The Morgan fingerprint density at radius 3 is 2.69 bits per heavy atom. The third-order valence-corrected chi connectivity index (χ3v) is 2.00. The molecule has 0 amide bonds. The summed E-state index contributed by atoms with van der Waals surface area (Å²) >= 11 is 3.13. The second kappa shape index (κ2) is 4.28. The number of ketones is 1. The molecule has 0 saturated heterocycles. The fourth-order valence-electron chi connectivity index (χ4n) is 0.968. The number of hydrogen-bond donors (Lipinski definition) is 2. The fourth-order valence-corrected chi connectivity index (χ4v) is 1.33. The van der Waals surface area contributed by atoms with Crippen LogP contribution in [-0.4, -0.2) is 21.3 Å². The summed E-state index contributed by atoms with van der Waals surface area (Å²) in [4.78, 5) is 11.3. The van der Waals surface area contributed by atoms with E-state index in [4.69, 9.17) is 5.11 Å². The third kappa shape index (κ3) is 2.45. The minimum atomic E-state index is -0.190. The molecule has 4 heteroatoms. The smallest absolute Gasteiger partial charge is 0.167 e. The lowest BCUT2D eigenvalue weighted by molar-refractivity contribution is 0.0987. The van der Waals surface area contributed by atoms with Gasteiger partial charge in [-0.15, -0.1) is 0 Å². The van der Waals surface area contributed by atoms with E-state index in [1.807, 2.05) is 0 Å². The Kier molecular flexibility index (Phi) is 3.31. The van der Waals surface area contributed by atoms with Gasteiger partial charge in [-0.25, -0.2) is 0 Å². The summed E-state index contributed by atoms with van der Waals surface area (Å²) in [6.07, 6.45) is 0.303. The minimum Gasteiger partial charge on any atom is -0.508 e. The second-order valence-electron chi connectivity index (χ2n) is 2.56. The summed E-state index contributed by atoms with van der Waals surface area (Å²) in [7, 11) is 0. The first-order chi connectivity index (χ1) is 6.15. The van der Waals surface area contributed by atoms with E-state index in [1.165, 1.54) is 18.2 Å². The zero-order valence-corrected chi connectivity index (χ0v) is 8.41. The SMILES string of the molecule is O=C(CCBr)c1cc(O)ccc1O. The number of aromatic hydroxyl groups is 2. The average molecular weight is 245 g/mol. The zero-order valence-electron chi connectivity index (χ0n) is 6.83. The van der Waals surface area contributed by atoms with Gasteiger partial charge in [-0.3, -0.25) is 4.79 Å². The largest absolute Gasteiger partial charge is 0.508 e. The molecular formula is C9H9BrO3. The van der Waals surface area contributed by atoms with Gasteiger partial charge in [0.1, 0.15) is 11.5 Å². The van der Waals surface area contributed by atoms with E-state index in [9.17, 15) is 9.90 Å². The van der Waals surface area contributed by atoms with Gasteiger partial charge in [0, 0.05) is 11.8 Å². The highest BCUT2D eigenvalue weighted by Crippen LogP contribution is 2.23. The molecule has 0 fully saturated rings. The van der Waals surface area contributed by atoms with Crippen molar-refractivity contribution in [2.45, 2.75) is 6.42 Å². The maximum absolute atomic E-state index is 11.3. The standard InChI is InChI=1S/C9H9BrO3/c10-4-3-9(13)7-5-6(11)1-2-8(7)12/h1-2,5,11-12H,3-4H2. The van der Waals surface area contributed by atoms with Crippen molar-refractivity contribution in [3.8, 4) is 11.5 Å². The number of Topliss-reactive ketones (excluding diaryl/α,β-unsaturated/α-hetero) is 1. The summed E-state index contributed by atoms with van der Waals surface area (Å²) in [5.41, 5.74) is 0.166. The molecule has 1 aromatic rings. The van der Waals surface area contributed by atoms with Gasteiger partial charge in [0.05, 0.1) is 5.56 Å². The number of carbonyl (C=O) groups is 1. The van der Waals surface area contributed by atoms with Gasteiger partial charge >= 0.3 is 0 Å². The molecule has 70 valence electrons. The van der Waals surface area contributed by atoms with Crippen LogP contribution in [0.15, 0.2) is 18.2 Å². The highest BCUT2D eigenvalue weighted by molar-refractivity contribution is 9.09. The summed E-state index contributed by atoms with van der Waals surface area (Å²) in [6, 6.07) is 3.90. The molecular weight excluding hydrogens is 236 g/mol. The van der Waals surface area contributed by atoms with Crippen molar-refractivity contribution in [1.82, 2.24) is 0 Å². The van der Waals surface area contributed by atoms with Crippen LogP contribution in [0.4, 0.5) is 0 Å². The molecule has 0 heterocycles. The maximum Gasteiger partial charge on any atom is 0.167 e. The van der Waals surface area contributed by atoms with Gasteiger partial charge in [0.15, 0.2) is 5.78 Å². The molecule has 0 aliphatic rings. The number of benzene rings is 1. The monoisotopic (exact) mass is 244 g/mol. The van der Waals surface area contributed by atoms with Crippen molar-refractivity contribution in [3.05, 3.63) is 23.8 Å². The molecule has 3 nitrogen and oxygen atoms in total. The van der Waals surface area contributed by atoms with E-state index < -0.39 is 0 Å². The van der Waals surface area contributed by atoms with Crippen LogP contribution in [0, 0.1) is 0 Å². The predicted molar refractivity (Wildman–Crippen MR) is 52.5 cm³/mol. The number of halogens is 1. The third-order valence-electron chi connectivity index (χ3n) is 1.60. The second-order valence-corrected chi connectivity index (χ2v) is 3.36. The lowest BCUT2D eigenvalue weighted by Gasteiger charge is -2.02. The van der Waals surface area contributed by atoms with Crippen molar-refractivity contribution < 1.29 is 15.0 Å². The molecule has 0 spiro atoms. The molecule has 1 aromatic carbocycles. The summed E-state index contributed by atoms with van der Waals surface area (Å²) in [5, 5.41) is 18.9. The molecule has 0 atom stereocenters. The van der Waals surface area contributed by atoms with Crippen molar-refractivity contribution in [2.75, 3.05) is 5.33 Å². The van der Waals surface area contributed by atoms with Crippen LogP contribution in [0.1, 0.15) is 16.8 Å². The first kappa shape index (κ1) is 10.1. The summed E-state index contributed by atoms with van der Waals surface area (Å²) < 4.78 is 0. The highest BCUT2D eigenvalue weighted by Gasteiger charge is 2.10. The van der Waals surface area contributed by atoms with Gasteiger partial charge < -0.3 is 10.2 Å². The van der Waals surface area contributed by atoms with Crippen molar-refractivity contribution in [3.63, 3.8) is 0 Å². The fraction of sp³-hybridized carbons (Fsp3) is 0.222. The van der Waals surface area contributed by atoms with Gasteiger partial charge in [0.25, 0.3) is 0 Å². The van der Waals surface area contributed by atoms with Gasteiger partial charge in [-0.05, 0) is 18.2 Å². The first-order valence-corrected chi connectivity index (χ1v) is 4.88. The number of alkyl halides is 1. The number of phenolic OH excluding ortho intramolecular Hbond substituents is 2. The Labute approximate surface area is 84.1 Å². The number of carbonyl (C=O) groups excluding carboxylic acids is 1. The molecule has 0 aromatic heterocycles. The van der Waals surface area contributed by atoms with Gasteiger partial charge in [-0.2, -0.15) is 0 Å². The van der Waals surface area contributed by atoms with Crippen LogP contribution in [0.25, 0.3) is 0 Å². The number of hydrogen-bond acceptors (Lipinski definition) is 3. The number of rotatable bonds is 3. The molecule has 0 saturated carbocycles. The van der Waals surface area contributed by atoms with Crippen LogP contribution in [0.3, 0.4) is 0 Å². The van der Waals surface area contributed by atoms with E-state index in [-0.39, 0.29) is 22.8 Å². The van der Waals surface area contributed by atoms with Crippen LogP contribution in [0.5, 0.6) is 11.5 Å². The van der Waals surface area contributed by atoms with Crippen molar-refractivity contribution >= 4 is 21.7 Å². The summed E-state index contributed by atoms with van der Waals surface area (Å²) in [5.74, 6) is -0.301. The van der Waals surface area contributed by atoms with Crippen LogP contribution in [0.2, 0.25) is 0 Å². The lowest BCUT2D eigenvalue weighted by Crippen LogP contribution is -1.99. The molecule has 0 aliphatic heterocycles. The molecule has 13 heavy (non-hydrogen) atoms. The van der Waals surface area contributed by atoms with Crippen molar-refractivity contribution in [2.24, 2.45) is 0 Å². The Morgan fingerprint density at radius 1 is 1.38 bits per heavy atom. The number of phenols is 2. The molecule has 2 N–H and O–H groups in total. The zero-order chi connectivity index (χ0) is 9.84. The van der Waals surface area contributed by atoms with Crippen molar-refractivity contribution in [1.29, 1.82) is 0 Å².